The molecule has 1 saturated carbocycles. The first-order valence-electron chi connectivity index (χ1n) is 8.52. The molecule has 0 radical (unpaired) electrons. The molecular formula is C18H30N2O4. The summed E-state index contributed by atoms with van der Waals surface area (Å²) in [5.41, 5.74) is -0.437. The molecule has 0 aromatic rings. The van der Waals surface area contributed by atoms with Gasteiger partial charge in [-0.15, -0.1) is 0 Å². The van der Waals surface area contributed by atoms with Crippen molar-refractivity contribution in [2.45, 2.75) is 66.0 Å². The van der Waals surface area contributed by atoms with Crippen LogP contribution < -0.4 is 10.6 Å². The van der Waals surface area contributed by atoms with Crippen molar-refractivity contribution in [3.05, 3.63) is 12.2 Å². The van der Waals surface area contributed by atoms with Crippen molar-refractivity contribution in [3.8, 4) is 0 Å². The van der Waals surface area contributed by atoms with Crippen LogP contribution in [-0.2, 0) is 14.4 Å². The minimum atomic E-state index is -1.09. The maximum absolute atomic E-state index is 12.6. The Labute approximate surface area is 144 Å². The van der Waals surface area contributed by atoms with E-state index < -0.39 is 23.3 Å². The minimum absolute atomic E-state index is 0.177. The summed E-state index contributed by atoms with van der Waals surface area (Å²) in [5.74, 6) is -1.92. The average molecular weight is 338 g/mol. The van der Waals surface area contributed by atoms with E-state index in [0.29, 0.717) is 6.42 Å². The van der Waals surface area contributed by atoms with Gasteiger partial charge in [-0.1, -0.05) is 40.7 Å². The molecule has 24 heavy (non-hydrogen) atoms. The van der Waals surface area contributed by atoms with Crippen LogP contribution in [0.3, 0.4) is 0 Å². The fraction of sp³-hybridized carbons (Fsp3) is 0.722. The molecule has 2 amide bonds. The molecule has 1 aliphatic carbocycles. The number of carboxylic acids is 1. The predicted molar refractivity (Wildman–Crippen MR) is 92.3 cm³/mol. The third-order valence-corrected chi connectivity index (χ3v) is 3.87. The molecule has 0 saturated heterocycles. The number of hydrogen-bond acceptors (Lipinski definition) is 3. The highest BCUT2D eigenvalue weighted by Crippen LogP contribution is 2.24. The van der Waals surface area contributed by atoms with Gasteiger partial charge in [-0.2, -0.15) is 0 Å². The monoisotopic (exact) mass is 338 g/mol. The highest BCUT2D eigenvalue weighted by molar-refractivity contribution is 5.90. The summed E-state index contributed by atoms with van der Waals surface area (Å²) in [6.45, 7) is 9.63. The molecule has 2 atom stereocenters. The van der Waals surface area contributed by atoms with Crippen LogP contribution >= 0.6 is 0 Å². The number of amides is 2. The fourth-order valence-corrected chi connectivity index (χ4v) is 2.42. The molecule has 6 nitrogen and oxygen atoms in total. The van der Waals surface area contributed by atoms with E-state index >= 15 is 0 Å². The Bertz CT molecular complexity index is 502. The molecule has 0 aromatic heterocycles. The van der Waals surface area contributed by atoms with Crippen molar-refractivity contribution in [1.82, 2.24) is 10.6 Å². The van der Waals surface area contributed by atoms with Crippen molar-refractivity contribution >= 4 is 17.8 Å². The number of rotatable bonds is 8. The highest BCUT2D eigenvalue weighted by Gasteiger charge is 2.36. The Kier molecular flexibility index (Phi) is 6.99. The molecule has 0 aliphatic heterocycles. The van der Waals surface area contributed by atoms with E-state index in [2.05, 4.69) is 10.6 Å². The van der Waals surface area contributed by atoms with Gasteiger partial charge in [0.15, 0.2) is 0 Å². The highest BCUT2D eigenvalue weighted by atomic mass is 16.4. The van der Waals surface area contributed by atoms with Gasteiger partial charge in [0.25, 0.3) is 0 Å². The molecule has 0 spiro atoms. The van der Waals surface area contributed by atoms with Crippen LogP contribution in [0.15, 0.2) is 12.2 Å². The lowest BCUT2D eigenvalue weighted by atomic mass is 9.85. The van der Waals surface area contributed by atoms with Crippen LogP contribution in [0.25, 0.3) is 0 Å². The smallest absolute Gasteiger partial charge is 0.328 e. The largest absolute Gasteiger partial charge is 0.478 e. The number of hydrogen-bond donors (Lipinski definition) is 3. The zero-order valence-electron chi connectivity index (χ0n) is 15.3. The third kappa shape index (κ3) is 7.15. The Morgan fingerprint density at radius 1 is 1.17 bits per heavy atom. The standard InChI is InChI=1S/C18H30N2O4/c1-11(2)10-12(6-9-14(21)22)16(23)20-15(18(3,4)5)17(24)19-13-7-8-13/h6,9,11-13,15H,7-8,10H2,1-5H3,(H,19,24)(H,20,23)(H,21,22). The Morgan fingerprint density at radius 2 is 1.75 bits per heavy atom. The molecule has 0 bridgehead atoms. The second kappa shape index (κ2) is 8.31. The quantitative estimate of drug-likeness (QED) is 0.591. The second-order valence-electron chi connectivity index (χ2n) is 8.02. The topological polar surface area (TPSA) is 95.5 Å². The van der Waals surface area contributed by atoms with Crippen LogP contribution in [0.2, 0.25) is 0 Å². The third-order valence-electron chi connectivity index (χ3n) is 3.87. The summed E-state index contributed by atoms with van der Waals surface area (Å²) in [6, 6.07) is -0.434. The zero-order valence-corrected chi connectivity index (χ0v) is 15.3. The van der Waals surface area contributed by atoms with Crippen LogP contribution in [0.4, 0.5) is 0 Å². The van der Waals surface area contributed by atoms with E-state index in [1.54, 1.807) is 0 Å². The van der Waals surface area contributed by atoms with E-state index in [4.69, 9.17) is 5.11 Å². The van der Waals surface area contributed by atoms with Crippen molar-refractivity contribution in [2.75, 3.05) is 0 Å². The maximum atomic E-state index is 12.6. The van der Waals surface area contributed by atoms with Crippen LogP contribution in [0.1, 0.15) is 53.9 Å². The first-order chi connectivity index (χ1) is 11.0. The van der Waals surface area contributed by atoms with Crippen molar-refractivity contribution in [3.63, 3.8) is 0 Å². The zero-order chi connectivity index (χ0) is 18.5. The lowest BCUT2D eigenvalue weighted by Gasteiger charge is -2.31. The number of carbonyl (C=O) groups excluding carboxylic acids is 2. The molecule has 1 aliphatic rings. The summed E-state index contributed by atoms with van der Waals surface area (Å²) >= 11 is 0. The number of nitrogens with one attached hydrogen (secondary N) is 2. The Balaban J connectivity index is 2.85. The van der Waals surface area contributed by atoms with Gasteiger partial charge in [0.2, 0.25) is 11.8 Å². The van der Waals surface area contributed by atoms with Gasteiger partial charge in [-0.05, 0) is 30.6 Å². The van der Waals surface area contributed by atoms with Crippen molar-refractivity contribution < 1.29 is 19.5 Å². The molecule has 1 rings (SSSR count). The molecule has 6 heteroatoms. The van der Waals surface area contributed by atoms with E-state index in [0.717, 1.165) is 18.9 Å². The van der Waals surface area contributed by atoms with Gasteiger partial charge in [0.05, 0.1) is 5.92 Å². The fourth-order valence-electron chi connectivity index (χ4n) is 2.42. The van der Waals surface area contributed by atoms with Crippen LogP contribution in [0, 0.1) is 17.3 Å². The molecule has 1 fully saturated rings. The lowest BCUT2D eigenvalue weighted by Crippen LogP contribution is -2.55. The SMILES string of the molecule is CC(C)CC(C=CC(=O)O)C(=O)NC(C(=O)NC1CC1)C(C)(C)C. The summed E-state index contributed by atoms with van der Waals surface area (Å²) in [5, 5.41) is 14.6. The first-order valence-corrected chi connectivity index (χ1v) is 8.52. The summed E-state index contributed by atoms with van der Waals surface area (Å²) < 4.78 is 0. The second-order valence-corrected chi connectivity index (χ2v) is 8.02. The first kappa shape index (κ1) is 20.2. The Hall–Kier alpha value is -1.85. The molecule has 0 aromatic carbocycles. The van der Waals surface area contributed by atoms with Gasteiger partial charge in [-0.3, -0.25) is 9.59 Å². The molecule has 0 heterocycles. The van der Waals surface area contributed by atoms with Gasteiger partial charge in [0.1, 0.15) is 6.04 Å². The van der Waals surface area contributed by atoms with Gasteiger partial charge < -0.3 is 15.7 Å². The summed E-state index contributed by atoms with van der Waals surface area (Å²) in [6.07, 6.45) is 4.87. The number of carboxylic acid groups (broad SMARTS) is 1. The van der Waals surface area contributed by atoms with E-state index in [-0.39, 0.29) is 23.8 Å². The van der Waals surface area contributed by atoms with E-state index in [1.165, 1.54) is 6.08 Å². The average Bonchev–Trinajstić information content (AvgIpc) is 3.22. The van der Waals surface area contributed by atoms with Crippen LogP contribution in [0.5, 0.6) is 0 Å². The minimum Gasteiger partial charge on any atom is -0.478 e. The van der Waals surface area contributed by atoms with E-state index in [1.807, 2.05) is 34.6 Å². The van der Waals surface area contributed by atoms with Crippen molar-refractivity contribution in [1.29, 1.82) is 0 Å². The molecule has 2 unspecified atom stereocenters. The van der Waals surface area contributed by atoms with Gasteiger partial charge in [-0.25, -0.2) is 4.79 Å². The predicted octanol–water partition coefficient (Wildman–Crippen LogP) is 2.10. The van der Waals surface area contributed by atoms with Gasteiger partial charge >= 0.3 is 5.97 Å². The Morgan fingerprint density at radius 3 is 2.17 bits per heavy atom. The number of aliphatic carboxylic acids is 1. The van der Waals surface area contributed by atoms with Crippen molar-refractivity contribution in [2.24, 2.45) is 17.3 Å². The summed E-state index contributed by atoms with van der Waals surface area (Å²) in [4.78, 5) is 35.8. The molecule has 136 valence electrons. The molecule has 3 N–H and O–H groups in total. The molecular weight excluding hydrogens is 308 g/mol. The lowest BCUT2D eigenvalue weighted by molar-refractivity contribution is -0.133. The van der Waals surface area contributed by atoms with E-state index in [9.17, 15) is 14.4 Å². The normalized spacial score (nSPS) is 17.6. The van der Waals surface area contributed by atoms with Gasteiger partial charge in [0, 0.05) is 12.1 Å². The summed E-state index contributed by atoms with van der Waals surface area (Å²) in [7, 11) is 0. The van der Waals surface area contributed by atoms with Crippen LogP contribution in [-0.4, -0.2) is 35.0 Å². The maximum Gasteiger partial charge on any atom is 0.328 e. The number of carbonyl (C=O) groups is 3.